The van der Waals surface area contributed by atoms with Crippen molar-refractivity contribution in [2.45, 2.75) is 31.7 Å². The molecule has 0 radical (unpaired) electrons. The molecule has 3 aromatic rings. The molecule has 146 valence electrons. The summed E-state index contributed by atoms with van der Waals surface area (Å²) in [6.07, 6.45) is 8.48. The van der Waals surface area contributed by atoms with Gasteiger partial charge >= 0.3 is 0 Å². The number of aromatic nitrogens is 2. The van der Waals surface area contributed by atoms with Crippen molar-refractivity contribution >= 4 is 22.3 Å². The van der Waals surface area contributed by atoms with Gasteiger partial charge in [-0.1, -0.05) is 47.7 Å². The highest BCUT2D eigenvalue weighted by Gasteiger charge is 2.23. The number of aliphatic hydroxyl groups excluding tert-OH is 1. The van der Waals surface area contributed by atoms with Gasteiger partial charge in [0.15, 0.2) is 5.13 Å². The maximum atomic E-state index is 9.18. The van der Waals surface area contributed by atoms with Crippen molar-refractivity contribution < 1.29 is 5.11 Å². The molecule has 28 heavy (non-hydrogen) atoms. The molecule has 0 spiro atoms. The molecule has 5 nitrogen and oxygen atoms in total. The first-order valence-electron chi connectivity index (χ1n) is 9.90. The molecule has 0 amide bonds. The minimum Gasteiger partial charge on any atom is -0.395 e. The Hall–Kier alpha value is -2.28. The number of nitrogens with zero attached hydrogens (tertiary/aromatic N) is 3. The van der Waals surface area contributed by atoms with Gasteiger partial charge in [0.2, 0.25) is 0 Å². The van der Waals surface area contributed by atoms with E-state index >= 15 is 0 Å². The van der Waals surface area contributed by atoms with Gasteiger partial charge < -0.3 is 10.4 Å². The van der Waals surface area contributed by atoms with Crippen LogP contribution in [0.5, 0.6) is 0 Å². The van der Waals surface area contributed by atoms with E-state index in [1.54, 1.807) is 11.3 Å². The molecule has 1 aliphatic heterocycles. The highest BCUT2D eigenvalue weighted by Crippen LogP contribution is 2.30. The van der Waals surface area contributed by atoms with Gasteiger partial charge in [-0.2, -0.15) is 0 Å². The van der Waals surface area contributed by atoms with Crippen LogP contribution in [0.2, 0.25) is 0 Å². The minimum absolute atomic E-state index is 0.251. The summed E-state index contributed by atoms with van der Waals surface area (Å²) >= 11 is 1.63. The predicted octanol–water partition coefficient (Wildman–Crippen LogP) is 4.34. The number of pyridine rings is 1. The molecular weight excluding hydrogens is 368 g/mol. The van der Waals surface area contributed by atoms with Gasteiger partial charge in [-0.15, -0.1) is 0 Å². The normalized spacial score (nSPS) is 17.1. The summed E-state index contributed by atoms with van der Waals surface area (Å²) in [6.45, 7) is 2.16. The molecule has 0 bridgehead atoms. The molecule has 1 aliphatic rings. The summed E-state index contributed by atoms with van der Waals surface area (Å²) in [4.78, 5) is 12.6. The summed E-state index contributed by atoms with van der Waals surface area (Å²) < 4.78 is 0. The van der Waals surface area contributed by atoms with Crippen LogP contribution in [0, 0.1) is 0 Å². The number of benzene rings is 1. The van der Waals surface area contributed by atoms with Crippen LogP contribution in [-0.2, 0) is 6.42 Å². The highest BCUT2D eigenvalue weighted by atomic mass is 32.1. The van der Waals surface area contributed by atoms with E-state index in [-0.39, 0.29) is 6.61 Å². The molecule has 0 saturated carbocycles. The first kappa shape index (κ1) is 19.1. The summed E-state index contributed by atoms with van der Waals surface area (Å²) in [5, 5.41) is 13.3. The van der Waals surface area contributed by atoms with Crippen LogP contribution < -0.4 is 5.32 Å². The average molecular weight is 395 g/mol. The lowest BCUT2D eigenvalue weighted by molar-refractivity contribution is 0.180. The van der Waals surface area contributed by atoms with Crippen LogP contribution in [0.4, 0.5) is 10.9 Å². The summed E-state index contributed by atoms with van der Waals surface area (Å²) in [5.74, 6) is 0.820. The van der Waals surface area contributed by atoms with E-state index in [4.69, 9.17) is 0 Å². The smallest absolute Gasteiger partial charge is 0.188 e. The van der Waals surface area contributed by atoms with Crippen LogP contribution in [0.25, 0.3) is 10.4 Å². The number of aryl methyl sites for hydroxylation is 1. The van der Waals surface area contributed by atoms with Gasteiger partial charge in [0.05, 0.1) is 11.5 Å². The number of hydrogen-bond acceptors (Lipinski definition) is 6. The van der Waals surface area contributed by atoms with Gasteiger partial charge in [-0.05, 0) is 49.4 Å². The second kappa shape index (κ2) is 9.28. The van der Waals surface area contributed by atoms with Gasteiger partial charge in [0.25, 0.3) is 0 Å². The largest absolute Gasteiger partial charge is 0.395 e. The molecular formula is C22H26N4OS. The first-order chi connectivity index (χ1) is 13.8. The van der Waals surface area contributed by atoms with Crippen LogP contribution in [-0.4, -0.2) is 45.7 Å². The van der Waals surface area contributed by atoms with Crippen LogP contribution >= 0.6 is 11.3 Å². The van der Waals surface area contributed by atoms with E-state index in [0.29, 0.717) is 6.04 Å². The third-order valence-corrected chi connectivity index (χ3v) is 6.24. The molecule has 3 heterocycles. The minimum atomic E-state index is 0.251. The van der Waals surface area contributed by atoms with Gasteiger partial charge in [-0.25, -0.2) is 9.97 Å². The van der Waals surface area contributed by atoms with Gasteiger partial charge in [0.1, 0.15) is 5.82 Å². The molecule has 1 fully saturated rings. The van der Waals surface area contributed by atoms with Crippen molar-refractivity contribution in [2.24, 2.45) is 0 Å². The Morgan fingerprint density at radius 3 is 2.79 bits per heavy atom. The van der Waals surface area contributed by atoms with Crippen LogP contribution in [0.15, 0.2) is 54.9 Å². The zero-order valence-corrected chi connectivity index (χ0v) is 16.7. The van der Waals surface area contributed by atoms with E-state index in [1.807, 2.05) is 36.7 Å². The second-order valence-electron chi connectivity index (χ2n) is 7.17. The molecule has 6 heteroatoms. The van der Waals surface area contributed by atoms with Crippen molar-refractivity contribution in [2.75, 3.05) is 25.0 Å². The predicted molar refractivity (Wildman–Crippen MR) is 115 cm³/mol. The number of anilines is 2. The average Bonchev–Trinajstić information content (AvgIpc) is 3.38. The molecule has 4 rings (SSSR count). The standard InChI is InChI=1S/C22H26N4OS/c27-14-13-26-12-4-7-19(26)10-8-17-9-11-21(23-15-17)25-22-24-16-20(28-22)18-5-2-1-3-6-18/h1-3,5-6,9,11,15-16,19,27H,4,7-8,10,12-14H2,(H,23,24,25)/t19-/m0/s1. The Morgan fingerprint density at radius 1 is 1.11 bits per heavy atom. The first-order valence-corrected chi connectivity index (χ1v) is 10.7. The van der Waals surface area contributed by atoms with Crippen molar-refractivity contribution in [3.63, 3.8) is 0 Å². The quantitative estimate of drug-likeness (QED) is 0.595. The lowest BCUT2D eigenvalue weighted by atomic mass is 10.0. The molecule has 1 atom stereocenters. The molecule has 1 aromatic carbocycles. The summed E-state index contributed by atoms with van der Waals surface area (Å²) in [5.41, 5.74) is 2.43. The monoisotopic (exact) mass is 394 g/mol. The maximum absolute atomic E-state index is 9.18. The number of likely N-dealkylation sites (tertiary alicyclic amines) is 1. The summed E-state index contributed by atoms with van der Waals surface area (Å²) in [6, 6.07) is 15.1. The Morgan fingerprint density at radius 2 is 2.00 bits per heavy atom. The third kappa shape index (κ3) is 4.76. The van der Waals surface area contributed by atoms with Crippen LogP contribution in [0.3, 0.4) is 0 Å². The van der Waals surface area contributed by atoms with E-state index in [1.165, 1.54) is 24.0 Å². The van der Waals surface area contributed by atoms with E-state index in [2.05, 4.69) is 38.4 Å². The number of rotatable bonds is 8. The molecule has 2 N–H and O–H groups in total. The van der Waals surface area contributed by atoms with Crippen molar-refractivity contribution in [3.8, 4) is 10.4 Å². The van der Waals surface area contributed by atoms with Gasteiger partial charge in [0, 0.05) is 25.0 Å². The fourth-order valence-electron chi connectivity index (χ4n) is 3.80. The van der Waals surface area contributed by atoms with E-state index in [0.717, 1.165) is 41.8 Å². The van der Waals surface area contributed by atoms with Crippen molar-refractivity contribution in [1.82, 2.24) is 14.9 Å². The zero-order valence-electron chi connectivity index (χ0n) is 15.9. The van der Waals surface area contributed by atoms with Gasteiger partial charge in [-0.3, -0.25) is 4.90 Å². The Labute approximate surface area is 170 Å². The fraction of sp³-hybridized carbons (Fsp3) is 0.364. The Kier molecular flexibility index (Phi) is 6.31. The molecule has 1 saturated heterocycles. The number of aliphatic hydroxyl groups is 1. The van der Waals surface area contributed by atoms with Crippen molar-refractivity contribution in [1.29, 1.82) is 0 Å². The Balaban J connectivity index is 1.32. The number of hydrogen-bond donors (Lipinski definition) is 2. The summed E-state index contributed by atoms with van der Waals surface area (Å²) in [7, 11) is 0. The lowest BCUT2D eigenvalue weighted by Gasteiger charge is -2.23. The number of β-amino-alcohol motifs (C(OH)–C–C–N with tert-alkyl or cyclic N) is 1. The number of thiazole rings is 1. The number of nitrogens with one attached hydrogen (secondary N) is 1. The third-order valence-electron chi connectivity index (χ3n) is 5.28. The Bertz CT molecular complexity index is 866. The maximum Gasteiger partial charge on any atom is 0.188 e. The van der Waals surface area contributed by atoms with Crippen LogP contribution in [0.1, 0.15) is 24.8 Å². The highest BCUT2D eigenvalue weighted by molar-refractivity contribution is 7.18. The molecule has 2 aromatic heterocycles. The fourth-order valence-corrected chi connectivity index (χ4v) is 4.63. The van der Waals surface area contributed by atoms with Crippen molar-refractivity contribution in [3.05, 3.63) is 60.4 Å². The zero-order chi connectivity index (χ0) is 19.2. The second-order valence-corrected chi connectivity index (χ2v) is 8.20. The SMILES string of the molecule is OCCN1CCC[C@H]1CCc1ccc(Nc2ncc(-c3ccccc3)s2)nc1. The van der Waals surface area contributed by atoms with E-state index in [9.17, 15) is 5.11 Å². The molecule has 0 unspecified atom stereocenters. The lowest BCUT2D eigenvalue weighted by Crippen LogP contribution is -2.32. The molecule has 0 aliphatic carbocycles. The van der Waals surface area contributed by atoms with E-state index < -0.39 is 0 Å². The topological polar surface area (TPSA) is 61.3 Å².